The molecule has 3 nitrogen and oxygen atoms in total. The van der Waals surface area contributed by atoms with Crippen molar-refractivity contribution in [3.05, 3.63) is 71.0 Å². The zero-order valence-corrected chi connectivity index (χ0v) is 12.8. The molecule has 0 saturated carbocycles. The predicted octanol–water partition coefficient (Wildman–Crippen LogP) is 4.69. The molecule has 0 aromatic heterocycles. The predicted molar refractivity (Wildman–Crippen MR) is 86.1 cm³/mol. The number of halogens is 2. The molecular weight excluding hydrogens is 305 g/mol. The van der Waals surface area contributed by atoms with E-state index in [1.54, 1.807) is 24.3 Å². The number of amides is 1. The van der Waals surface area contributed by atoms with Crippen molar-refractivity contribution in [1.82, 2.24) is 0 Å². The van der Waals surface area contributed by atoms with Gasteiger partial charge in [0.2, 0.25) is 0 Å². The average Bonchev–Trinajstić information content (AvgIpc) is 2.49. The highest BCUT2D eigenvalue weighted by molar-refractivity contribution is 6.31. The molecule has 1 N–H and O–H groups in total. The maximum atomic E-state index is 13.1. The van der Waals surface area contributed by atoms with Gasteiger partial charge < -0.3 is 10.1 Å². The van der Waals surface area contributed by atoms with Crippen LogP contribution in [-0.4, -0.2) is 12.5 Å². The summed E-state index contributed by atoms with van der Waals surface area (Å²) in [6.45, 7) is 6.05. The van der Waals surface area contributed by atoms with Crippen LogP contribution in [0.5, 0.6) is 5.75 Å². The number of carbonyl (C=O) groups is 1. The molecule has 0 unspecified atom stereocenters. The van der Waals surface area contributed by atoms with Crippen LogP contribution in [0, 0.1) is 5.82 Å². The Morgan fingerprint density at radius 3 is 2.55 bits per heavy atom. The second-order valence-corrected chi connectivity index (χ2v) is 5.26. The molecule has 0 radical (unpaired) electrons. The fourth-order valence-electron chi connectivity index (χ4n) is 1.69. The van der Waals surface area contributed by atoms with Gasteiger partial charge in [0.1, 0.15) is 18.2 Å². The topological polar surface area (TPSA) is 38.3 Å². The number of anilines is 1. The fraction of sp³-hybridized carbons (Fsp3) is 0.118. The lowest BCUT2D eigenvalue weighted by Crippen LogP contribution is -2.11. The molecule has 0 aliphatic heterocycles. The minimum Gasteiger partial charge on any atom is -0.489 e. The molecule has 2 aromatic rings. The summed E-state index contributed by atoms with van der Waals surface area (Å²) in [5.74, 6) is -0.183. The number of hydrogen-bond acceptors (Lipinski definition) is 2. The molecule has 0 heterocycles. The molecule has 2 rings (SSSR count). The van der Waals surface area contributed by atoms with Crippen LogP contribution in [0.1, 0.15) is 17.3 Å². The van der Waals surface area contributed by atoms with Gasteiger partial charge in [-0.3, -0.25) is 4.79 Å². The quantitative estimate of drug-likeness (QED) is 0.812. The fourth-order valence-corrected chi connectivity index (χ4v) is 1.87. The highest BCUT2D eigenvalue weighted by Crippen LogP contribution is 2.20. The molecule has 0 atom stereocenters. The van der Waals surface area contributed by atoms with E-state index in [9.17, 15) is 9.18 Å². The van der Waals surface area contributed by atoms with E-state index in [1.807, 2.05) is 6.92 Å². The third kappa shape index (κ3) is 4.33. The number of carbonyl (C=O) groups excluding carboxylic acids is 1. The first-order chi connectivity index (χ1) is 10.5. The number of benzene rings is 2. The highest BCUT2D eigenvalue weighted by Gasteiger charge is 2.08. The van der Waals surface area contributed by atoms with Crippen LogP contribution in [0.3, 0.4) is 0 Å². The average molecular weight is 320 g/mol. The van der Waals surface area contributed by atoms with Crippen molar-refractivity contribution in [2.45, 2.75) is 6.92 Å². The summed E-state index contributed by atoms with van der Waals surface area (Å²) in [5, 5.41) is 2.61. The van der Waals surface area contributed by atoms with Crippen LogP contribution in [0.15, 0.2) is 54.6 Å². The lowest BCUT2D eigenvalue weighted by Gasteiger charge is -2.08. The standard InChI is InChI=1S/C17H15ClFNO2/c1-11(2)10-22-14-6-3-12(4-7-14)17(21)20-13-5-8-16(19)15(18)9-13/h3-9H,1,10H2,2H3,(H,20,21). The number of hydrogen-bond donors (Lipinski definition) is 1. The molecule has 2 aromatic carbocycles. The second-order valence-electron chi connectivity index (χ2n) is 4.85. The van der Waals surface area contributed by atoms with Gasteiger partial charge >= 0.3 is 0 Å². The van der Waals surface area contributed by atoms with Crippen molar-refractivity contribution in [1.29, 1.82) is 0 Å². The summed E-state index contributed by atoms with van der Waals surface area (Å²) in [7, 11) is 0. The summed E-state index contributed by atoms with van der Waals surface area (Å²) in [6.07, 6.45) is 0. The first-order valence-corrected chi connectivity index (χ1v) is 6.97. The normalized spacial score (nSPS) is 10.1. The van der Waals surface area contributed by atoms with E-state index >= 15 is 0 Å². The lowest BCUT2D eigenvalue weighted by molar-refractivity contribution is 0.102. The van der Waals surface area contributed by atoms with Crippen molar-refractivity contribution < 1.29 is 13.9 Å². The van der Waals surface area contributed by atoms with E-state index in [0.29, 0.717) is 23.6 Å². The van der Waals surface area contributed by atoms with Crippen LogP contribution in [-0.2, 0) is 0 Å². The Bertz CT molecular complexity index is 698. The van der Waals surface area contributed by atoms with Gasteiger partial charge in [-0.05, 0) is 55.0 Å². The molecule has 0 saturated heterocycles. The molecule has 0 aliphatic carbocycles. The van der Waals surface area contributed by atoms with E-state index in [4.69, 9.17) is 16.3 Å². The van der Waals surface area contributed by atoms with Crippen molar-refractivity contribution >= 4 is 23.2 Å². The molecule has 0 fully saturated rings. The Kier molecular flexibility index (Phi) is 5.17. The lowest BCUT2D eigenvalue weighted by atomic mass is 10.2. The molecule has 0 bridgehead atoms. The molecule has 114 valence electrons. The Morgan fingerprint density at radius 1 is 1.27 bits per heavy atom. The molecule has 1 amide bonds. The zero-order chi connectivity index (χ0) is 16.1. The van der Waals surface area contributed by atoms with Gasteiger partial charge in [0.15, 0.2) is 0 Å². The van der Waals surface area contributed by atoms with Gasteiger partial charge in [-0.25, -0.2) is 4.39 Å². The van der Waals surface area contributed by atoms with E-state index in [2.05, 4.69) is 11.9 Å². The Balaban J connectivity index is 2.03. The maximum absolute atomic E-state index is 13.1. The van der Waals surface area contributed by atoms with Crippen molar-refractivity contribution in [3.8, 4) is 5.75 Å². The number of ether oxygens (including phenoxy) is 1. The SMILES string of the molecule is C=C(C)COc1ccc(C(=O)Nc2ccc(F)c(Cl)c2)cc1. The van der Waals surface area contributed by atoms with Gasteiger partial charge in [0, 0.05) is 11.3 Å². The van der Waals surface area contributed by atoms with E-state index < -0.39 is 5.82 Å². The number of nitrogens with one attached hydrogen (secondary N) is 1. The first-order valence-electron chi connectivity index (χ1n) is 6.59. The van der Waals surface area contributed by atoms with Crippen molar-refractivity contribution in [3.63, 3.8) is 0 Å². The Labute approximate surface area is 133 Å². The van der Waals surface area contributed by atoms with Crippen LogP contribution in [0.25, 0.3) is 0 Å². The number of rotatable bonds is 5. The highest BCUT2D eigenvalue weighted by atomic mass is 35.5. The molecule has 5 heteroatoms. The minimum absolute atomic E-state index is 0.0404. The summed E-state index contributed by atoms with van der Waals surface area (Å²) >= 11 is 5.67. The van der Waals surface area contributed by atoms with Crippen LogP contribution in [0.2, 0.25) is 5.02 Å². The molecular formula is C17H15ClFNO2. The van der Waals surface area contributed by atoms with Crippen LogP contribution >= 0.6 is 11.6 Å². The van der Waals surface area contributed by atoms with Crippen LogP contribution < -0.4 is 10.1 Å². The van der Waals surface area contributed by atoms with Crippen molar-refractivity contribution in [2.24, 2.45) is 0 Å². The van der Waals surface area contributed by atoms with Gasteiger partial charge in [-0.2, -0.15) is 0 Å². The van der Waals surface area contributed by atoms with E-state index in [0.717, 1.165) is 5.57 Å². The van der Waals surface area contributed by atoms with E-state index in [1.165, 1.54) is 18.2 Å². The van der Waals surface area contributed by atoms with E-state index in [-0.39, 0.29) is 10.9 Å². The molecule has 0 aliphatic rings. The van der Waals surface area contributed by atoms with Gasteiger partial charge in [-0.15, -0.1) is 0 Å². The Hall–Kier alpha value is -2.33. The van der Waals surface area contributed by atoms with Gasteiger partial charge in [-0.1, -0.05) is 18.2 Å². The van der Waals surface area contributed by atoms with Crippen LogP contribution in [0.4, 0.5) is 10.1 Å². The minimum atomic E-state index is -0.529. The summed E-state index contributed by atoms with van der Waals surface area (Å²) in [4.78, 5) is 12.1. The monoisotopic (exact) mass is 319 g/mol. The largest absolute Gasteiger partial charge is 0.489 e. The first kappa shape index (κ1) is 16.0. The second kappa shape index (κ2) is 7.09. The summed E-state index contributed by atoms with van der Waals surface area (Å²) < 4.78 is 18.5. The van der Waals surface area contributed by atoms with Crippen molar-refractivity contribution in [2.75, 3.05) is 11.9 Å². The van der Waals surface area contributed by atoms with Gasteiger partial charge in [0.05, 0.1) is 5.02 Å². The van der Waals surface area contributed by atoms with Gasteiger partial charge in [0.25, 0.3) is 5.91 Å². The third-order valence-electron chi connectivity index (χ3n) is 2.78. The third-order valence-corrected chi connectivity index (χ3v) is 3.07. The maximum Gasteiger partial charge on any atom is 0.255 e. The smallest absolute Gasteiger partial charge is 0.255 e. The zero-order valence-electron chi connectivity index (χ0n) is 12.0. The molecule has 22 heavy (non-hydrogen) atoms. The molecule has 0 spiro atoms. The Morgan fingerprint density at radius 2 is 1.95 bits per heavy atom. The summed E-state index contributed by atoms with van der Waals surface area (Å²) in [5.41, 5.74) is 1.80. The summed E-state index contributed by atoms with van der Waals surface area (Å²) in [6, 6.07) is 10.7.